The van der Waals surface area contributed by atoms with Gasteiger partial charge >= 0.3 is 0 Å². The molecule has 1 aliphatic rings. The van der Waals surface area contributed by atoms with Gasteiger partial charge in [0.1, 0.15) is 0 Å². The van der Waals surface area contributed by atoms with Gasteiger partial charge in [-0.1, -0.05) is 19.9 Å². The molecule has 0 aromatic heterocycles. The van der Waals surface area contributed by atoms with Gasteiger partial charge in [-0.05, 0) is 36.0 Å². The Morgan fingerprint density at radius 2 is 1.94 bits per heavy atom. The molecule has 17 heavy (non-hydrogen) atoms. The van der Waals surface area contributed by atoms with E-state index in [1.54, 1.807) is 6.07 Å². The monoisotopic (exact) mass is 237 g/mol. The van der Waals surface area contributed by atoms with E-state index >= 15 is 0 Å². The minimum Gasteiger partial charge on any atom is -0.505 e. The third kappa shape index (κ3) is 3.19. The second kappa shape index (κ2) is 5.05. The van der Waals surface area contributed by atoms with E-state index in [2.05, 4.69) is 18.7 Å². The van der Waals surface area contributed by atoms with Gasteiger partial charge in [-0.2, -0.15) is 0 Å². The molecule has 1 N–H and O–H groups in total. The van der Waals surface area contributed by atoms with E-state index in [4.69, 9.17) is 5.11 Å². The molecular formula is C14H20FNO. The molecule has 1 fully saturated rings. The first-order valence-corrected chi connectivity index (χ1v) is 6.24. The number of benzene rings is 1. The van der Waals surface area contributed by atoms with Crippen molar-refractivity contribution in [1.82, 2.24) is 4.90 Å². The molecule has 2 nitrogen and oxygen atoms in total. The van der Waals surface area contributed by atoms with E-state index < -0.39 is 5.82 Å². The summed E-state index contributed by atoms with van der Waals surface area (Å²) >= 11 is 0. The molecule has 3 heteroatoms. The van der Waals surface area contributed by atoms with Gasteiger partial charge in [0.25, 0.3) is 0 Å². The lowest BCUT2D eigenvalue weighted by Crippen LogP contribution is -2.38. The van der Waals surface area contributed by atoms with Crippen LogP contribution in [0.15, 0.2) is 18.2 Å². The molecule has 2 unspecified atom stereocenters. The summed E-state index contributed by atoms with van der Waals surface area (Å²) in [6.45, 7) is 7.45. The fourth-order valence-electron chi connectivity index (χ4n) is 2.83. The van der Waals surface area contributed by atoms with Crippen molar-refractivity contribution >= 4 is 0 Å². The quantitative estimate of drug-likeness (QED) is 0.854. The smallest absolute Gasteiger partial charge is 0.165 e. The molecule has 0 spiro atoms. The zero-order chi connectivity index (χ0) is 12.4. The number of hydrogen-bond acceptors (Lipinski definition) is 2. The van der Waals surface area contributed by atoms with Gasteiger partial charge in [-0.15, -0.1) is 0 Å². The van der Waals surface area contributed by atoms with Crippen molar-refractivity contribution in [2.24, 2.45) is 11.8 Å². The van der Waals surface area contributed by atoms with Crippen LogP contribution >= 0.6 is 0 Å². The normalized spacial score (nSPS) is 26.1. The summed E-state index contributed by atoms with van der Waals surface area (Å²) in [7, 11) is 0. The molecule has 1 aromatic rings. The van der Waals surface area contributed by atoms with E-state index in [1.165, 1.54) is 18.6 Å². The van der Waals surface area contributed by atoms with E-state index in [-0.39, 0.29) is 5.75 Å². The SMILES string of the molecule is CC1CC(C)CN(Cc2ccc(O)c(F)c2)C1. The van der Waals surface area contributed by atoms with Crippen molar-refractivity contribution in [2.45, 2.75) is 26.8 Å². The summed E-state index contributed by atoms with van der Waals surface area (Å²) in [4.78, 5) is 2.37. The summed E-state index contributed by atoms with van der Waals surface area (Å²) in [6.07, 6.45) is 1.28. The number of phenols is 1. The van der Waals surface area contributed by atoms with E-state index in [0.29, 0.717) is 11.8 Å². The first kappa shape index (κ1) is 12.4. The van der Waals surface area contributed by atoms with Gasteiger partial charge in [-0.25, -0.2) is 4.39 Å². The van der Waals surface area contributed by atoms with Crippen molar-refractivity contribution in [3.63, 3.8) is 0 Å². The van der Waals surface area contributed by atoms with Gasteiger partial charge in [-0.3, -0.25) is 4.90 Å². The Morgan fingerprint density at radius 1 is 1.29 bits per heavy atom. The maximum absolute atomic E-state index is 13.2. The van der Waals surface area contributed by atoms with E-state index in [1.807, 2.05) is 0 Å². The number of phenolic OH excluding ortho intramolecular Hbond substituents is 1. The molecule has 0 bridgehead atoms. The van der Waals surface area contributed by atoms with Crippen LogP contribution in [0.25, 0.3) is 0 Å². The van der Waals surface area contributed by atoms with Crippen molar-refractivity contribution in [3.05, 3.63) is 29.6 Å². The van der Waals surface area contributed by atoms with E-state index in [9.17, 15) is 4.39 Å². The van der Waals surface area contributed by atoms with Crippen molar-refractivity contribution in [2.75, 3.05) is 13.1 Å². The van der Waals surface area contributed by atoms with Gasteiger partial charge in [0.05, 0.1) is 0 Å². The third-order valence-electron chi connectivity index (χ3n) is 3.36. The van der Waals surface area contributed by atoms with Crippen LogP contribution in [0.3, 0.4) is 0 Å². The molecule has 2 atom stereocenters. The molecule has 0 amide bonds. The molecule has 94 valence electrons. The Hall–Kier alpha value is -1.09. The fraction of sp³-hybridized carbons (Fsp3) is 0.571. The Morgan fingerprint density at radius 3 is 2.53 bits per heavy atom. The fourth-order valence-corrected chi connectivity index (χ4v) is 2.83. The molecule has 1 saturated heterocycles. The van der Waals surface area contributed by atoms with Crippen LogP contribution in [0, 0.1) is 17.7 Å². The number of piperidine rings is 1. The van der Waals surface area contributed by atoms with Crippen molar-refractivity contribution < 1.29 is 9.50 Å². The van der Waals surface area contributed by atoms with Crippen LogP contribution in [-0.4, -0.2) is 23.1 Å². The van der Waals surface area contributed by atoms with Crippen LogP contribution in [0.5, 0.6) is 5.75 Å². The van der Waals surface area contributed by atoms with Crippen LogP contribution in [0.4, 0.5) is 4.39 Å². The molecule has 1 aliphatic heterocycles. The molecule has 1 heterocycles. The number of rotatable bonds is 2. The Bertz CT molecular complexity index is 384. The maximum Gasteiger partial charge on any atom is 0.165 e. The molecule has 0 radical (unpaired) electrons. The van der Waals surface area contributed by atoms with Crippen molar-refractivity contribution in [1.29, 1.82) is 0 Å². The number of aromatic hydroxyl groups is 1. The molecule has 2 rings (SSSR count). The zero-order valence-corrected chi connectivity index (χ0v) is 10.5. The lowest BCUT2D eigenvalue weighted by Gasteiger charge is -2.35. The van der Waals surface area contributed by atoms with Crippen LogP contribution in [0.1, 0.15) is 25.8 Å². The molecule has 0 saturated carbocycles. The predicted molar refractivity (Wildman–Crippen MR) is 66.3 cm³/mol. The highest BCUT2D eigenvalue weighted by Crippen LogP contribution is 2.23. The third-order valence-corrected chi connectivity index (χ3v) is 3.36. The standard InChI is InChI=1S/C14H20FNO/c1-10-5-11(2)8-16(7-10)9-12-3-4-14(17)13(15)6-12/h3-4,6,10-11,17H,5,7-9H2,1-2H3. The van der Waals surface area contributed by atoms with Gasteiger partial charge in [0, 0.05) is 19.6 Å². The summed E-state index contributed by atoms with van der Waals surface area (Å²) in [5, 5.41) is 9.15. The second-order valence-corrected chi connectivity index (χ2v) is 5.43. The van der Waals surface area contributed by atoms with Gasteiger partial charge < -0.3 is 5.11 Å². The summed E-state index contributed by atoms with van der Waals surface area (Å²) in [5.41, 5.74) is 0.932. The summed E-state index contributed by atoms with van der Waals surface area (Å²) < 4.78 is 13.2. The van der Waals surface area contributed by atoms with Crippen LogP contribution in [0.2, 0.25) is 0 Å². The Kier molecular flexibility index (Phi) is 3.67. The lowest BCUT2D eigenvalue weighted by atomic mass is 9.91. The largest absolute Gasteiger partial charge is 0.505 e. The average Bonchev–Trinajstić information content (AvgIpc) is 2.22. The van der Waals surface area contributed by atoms with E-state index in [0.717, 1.165) is 25.2 Å². The summed E-state index contributed by atoms with van der Waals surface area (Å²) in [6, 6.07) is 4.66. The van der Waals surface area contributed by atoms with Gasteiger partial charge in [0.15, 0.2) is 11.6 Å². The highest BCUT2D eigenvalue weighted by molar-refractivity contribution is 5.27. The number of halogens is 1. The number of likely N-dealkylation sites (tertiary alicyclic amines) is 1. The first-order chi connectivity index (χ1) is 8.04. The predicted octanol–water partition coefficient (Wildman–Crippen LogP) is 3.01. The highest BCUT2D eigenvalue weighted by Gasteiger charge is 2.21. The average molecular weight is 237 g/mol. The highest BCUT2D eigenvalue weighted by atomic mass is 19.1. The second-order valence-electron chi connectivity index (χ2n) is 5.43. The van der Waals surface area contributed by atoms with Crippen LogP contribution in [-0.2, 0) is 6.54 Å². The Labute approximate surface area is 102 Å². The summed E-state index contributed by atoms with van der Waals surface area (Å²) in [5.74, 6) is 0.621. The minimum absolute atomic E-state index is 0.269. The molecule has 0 aliphatic carbocycles. The minimum atomic E-state index is -0.527. The van der Waals surface area contributed by atoms with Gasteiger partial charge in [0.2, 0.25) is 0 Å². The van der Waals surface area contributed by atoms with Crippen LogP contribution < -0.4 is 0 Å². The maximum atomic E-state index is 13.2. The topological polar surface area (TPSA) is 23.5 Å². The molecular weight excluding hydrogens is 217 g/mol. The lowest BCUT2D eigenvalue weighted by molar-refractivity contribution is 0.134. The van der Waals surface area contributed by atoms with Crippen molar-refractivity contribution in [3.8, 4) is 5.75 Å². The molecule has 1 aromatic carbocycles. The Balaban J connectivity index is 2.02. The number of nitrogens with zero attached hydrogens (tertiary/aromatic N) is 1. The first-order valence-electron chi connectivity index (χ1n) is 6.24. The zero-order valence-electron chi connectivity index (χ0n) is 10.5. The number of hydrogen-bond donors (Lipinski definition) is 1.